The summed E-state index contributed by atoms with van der Waals surface area (Å²) in [6.07, 6.45) is 4.24. The standard InChI is InChI=1S/C12H16N2S2/c1-12(2,3)13-16-14-9-8-10-6-4-5-7-11(10)15-14/h4-9,13H,1-3H3. The third-order valence-corrected chi connectivity index (χ3v) is 4.25. The molecule has 0 aliphatic carbocycles. The van der Waals surface area contributed by atoms with Crippen LogP contribution in [0.25, 0.3) is 6.08 Å². The molecule has 16 heavy (non-hydrogen) atoms. The summed E-state index contributed by atoms with van der Waals surface area (Å²) in [5, 5.41) is 0. The lowest BCUT2D eigenvalue weighted by Gasteiger charge is -2.26. The van der Waals surface area contributed by atoms with Gasteiger partial charge in [0.1, 0.15) is 0 Å². The van der Waals surface area contributed by atoms with Crippen molar-refractivity contribution in [2.45, 2.75) is 31.2 Å². The van der Waals surface area contributed by atoms with Crippen molar-refractivity contribution in [3.63, 3.8) is 0 Å². The molecule has 1 aromatic rings. The van der Waals surface area contributed by atoms with E-state index in [0.717, 1.165) is 0 Å². The highest BCUT2D eigenvalue weighted by Gasteiger charge is 2.15. The first-order valence-electron chi connectivity index (χ1n) is 5.23. The summed E-state index contributed by atoms with van der Waals surface area (Å²) in [5.41, 5.74) is 1.41. The second kappa shape index (κ2) is 4.73. The van der Waals surface area contributed by atoms with Gasteiger partial charge in [-0.1, -0.05) is 18.2 Å². The van der Waals surface area contributed by atoms with E-state index in [1.54, 1.807) is 24.1 Å². The molecule has 1 aliphatic rings. The van der Waals surface area contributed by atoms with Gasteiger partial charge in [0.15, 0.2) is 0 Å². The average Bonchev–Trinajstić information content (AvgIpc) is 2.25. The van der Waals surface area contributed by atoms with Crippen molar-refractivity contribution >= 4 is 30.2 Å². The molecule has 1 heterocycles. The largest absolute Gasteiger partial charge is 0.248 e. The van der Waals surface area contributed by atoms with E-state index in [1.807, 2.05) is 0 Å². The van der Waals surface area contributed by atoms with E-state index < -0.39 is 0 Å². The van der Waals surface area contributed by atoms with Crippen molar-refractivity contribution < 1.29 is 0 Å². The van der Waals surface area contributed by atoms with Gasteiger partial charge < -0.3 is 0 Å². The van der Waals surface area contributed by atoms with Crippen LogP contribution in [-0.2, 0) is 0 Å². The number of nitrogens with one attached hydrogen (secondary N) is 1. The maximum Gasteiger partial charge on any atom is 0.0486 e. The second-order valence-corrected chi connectivity index (χ2v) is 6.70. The van der Waals surface area contributed by atoms with E-state index in [9.17, 15) is 0 Å². The minimum Gasteiger partial charge on any atom is -0.248 e. The molecule has 0 aromatic heterocycles. The lowest BCUT2D eigenvalue weighted by molar-refractivity contribution is 0.532. The predicted octanol–water partition coefficient (Wildman–Crippen LogP) is 3.93. The second-order valence-electron chi connectivity index (χ2n) is 4.67. The SMILES string of the molecule is CC(C)(C)NSN1C=Cc2ccccc2S1. The molecular weight excluding hydrogens is 236 g/mol. The Morgan fingerprint density at radius 2 is 2.00 bits per heavy atom. The topological polar surface area (TPSA) is 15.3 Å². The fraction of sp³-hybridized carbons (Fsp3) is 0.333. The normalized spacial score (nSPS) is 15.1. The molecule has 2 rings (SSSR count). The van der Waals surface area contributed by atoms with Crippen LogP contribution in [0.5, 0.6) is 0 Å². The maximum absolute atomic E-state index is 3.39. The zero-order chi connectivity index (χ0) is 11.6. The fourth-order valence-electron chi connectivity index (χ4n) is 1.20. The molecule has 0 amide bonds. The Morgan fingerprint density at radius 1 is 1.25 bits per heavy atom. The first kappa shape index (κ1) is 11.9. The summed E-state index contributed by atoms with van der Waals surface area (Å²) in [4.78, 5) is 1.30. The first-order chi connectivity index (χ1) is 7.54. The minimum absolute atomic E-state index is 0.121. The van der Waals surface area contributed by atoms with Crippen LogP contribution in [0.3, 0.4) is 0 Å². The van der Waals surface area contributed by atoms with Crippen LogP contribution in [-0.4, -0.2) is 9.25 Å². The van der Waals surface area contributed by atoms with Crippen LogP contribution in [0.4, 0.5) is 0 Å². The lowest BCUT2D eigenvalue weighted by Crippen LogP contribution is -2.31. The van der Waals surface area contributed by atoms with Crippen molar-refractivity contribution in [3.8, 4) is 0 Å². The molecular formula is C12H16N2S2. The number of hydrogen-bond donors (Lipinski definition) is 1. The van der Waals surface area contributed by atoms with Crippen molar-refractivity contribution in [2.75, 3.05) is 0 Å². The molecule has 1 N–H and O–H groups in total. The smallest absolute Gasteiger partial charge is 0.0486 e. The third-order valence-electron chi connectivity index (χ3n) is 1.92. The summed E-state index contributed by atoms with van der Waals surface area (Å²) >= 11 is 3.37. The summed E-state index contributed by atoms with van der Waals surface area (Å²) in [7, 11) is 0. The van der Waals surface area contributed by atoms with Gasteiger partial charge in [0.2, 0.25) is 0 Å². The van der Waals surface area contributed by atoms with E-state index in [0.29, 0.717) is 0 Å². The van der Waals surface area contributed by atoms with Gasteiger partial charge in [-0.25, -0.2) is 8.43 Å². The van der Waals surface area contributed by atoms with Gasteiger partial charge in [0.05, 0.1) is 0 Å². The zero-order valence-corrected chi connectivity index (χ0v) is 11.4. The Hall–Kier alpha value is -0.580. The zero-order valence-electron chi connectivity index (χ0n) is 9.73. The fourth-order valence-corrected chi connectivity index (χ4v) is 2.88. The molecule has 0 fully saturated rings. The molecule has 0 spiro atoms. The number of nitrogens with zero attached hydrogens (tertiary/aromatic N) is 1. The predicted molar refractivity (Wildman–Crippen MR) is 73.7 cm³/mol. The van der Waals surface area contributed by atoms with Gasteiger partial charge in [0.25, 0.3) is 0 Å². The molecule has 1 aromatic carbocycles. The van der Waals surface area contributed by atoms with E-state index in [2.05, 4.69) is 65.7 Å². The van der Waals surface area contributed by atoms with Crippen LogP contribution in [0.1, 0.15) is 26.3 Å². The number of fused-ring (bicyclic) bond motifs is 1. The highest BCUT2D eigenvalue weighted by molar-refractivity contribution is 8.11. The van der Waals surface area contributed by atoms with E-state index in [4.69, 9.17) is 0 Å². The third kappa shape index (κ3) is 3.20. The monoisotopic (exact) mass is 252 g/mol. The van der Waals surface area contributed by atoms with Crippen LogP contribution < -0.4 is 4.72 Å². The molecule has 0 saturated carbocycles. The van der Waals surface area contributed by atoms with E-state index >= 15 is 0 Å². The number of rotatable bonds is 2. The Kier molecular flexibility index (Phi) is 3.52. The Bertz CT molecular complexity index is 396. The quantitative estimate of drug-likeness (QED) is 0.802. The molecule has 1 aliphatic heterocycles. The molecule has 0 radical (unpaired) electrons. The van der Waals surface area contributed by atoms with Crippen molar-refractivity contribution in [1.29, 1.82) is 0 Å². The summed E-state index contributed by atoms with van der Waals surface area (Å²) in [6, 6.07) is 8.43. The van der Waals surface area contributed by atoms with Gasteiger partial charge in [-0.05, 0) is 50.4 Å². The molecule has 2 nitrogen and oxygen atoms in total. The maximum atomic E-state index is 3.39. The highest BCUT2D eigenvalue weighted by atomic mass is 32.2. The number of benzene rings is 1. The van der Waals surface area contributed by atoms with Crippen molar-refractivity contribution in [2.24, 2.45) is 0 Å². The Balaban J connectivity index is 1.98. The average molecular weight is 252 g/mol. The van der Waals surface area contributed by atoms with Gasteiger partial charge in [-0.2, -0.15) is 0 Å². The van der Waals surface area contributed by atoms with Gasteiger partial charge in [0, 0.05) is 28.8 Å². The summed E-state index contributed by atoms with van der Waals surface area (Å²) in [5.74, 6) is 0. The molecule has 0 bridgehead atoms. The Labute approximate surface area is 106 Å². The van der Waals surface area contributed by atoms with Crippen molar-refractivity contribution in [3.05, 3.63) is 36.0 Å². The minimum atomic E-state index is 0.121. The summed E-state index contributed by atoms with van der Waals surface area (Å²) < 4.78 is 5.53. The molecule has 86 valence electrons. The van der Waals surface area contributed by atoms with Crippen LogP contribution >= 0.6 is 24.1 Å². The molecule has 4 heteroatoms. The highest BCUT2D eigenvalue weighted by Crippen LogP contribution is 2.36. The lowest BCUT2D eigenvalue weighted by atomic mass is 10.1. The first-order valence-corrected chi connectivity index (χ1v) is 6.78. The molecule has 0 atom stereocenters. The van der Waals surface area contributed by atoms with Crippen LogP contribution in [0, 0.1) is 0 Å². The van der Waals surface area contributed by atoms with E-state index in [-0.39, 0.29) is 5.54 Å². The van der Waals surface area contributed by atoms with Gasteiger partial charge in [-0.15, -0.1) is 0 Å². The molecule has 0 saturated heterocycles. The van der Waals surface area contributed by atoms with Crippen LogP contribution in [0.15, 0.2) is 35.4 Å². The van der Waals surface area contributed by atoms with Crippen molar-refractivity contribution in [1.82, 2.24) is 8.43 Å². The summed E-state index contributed by atoms with van der Waals surface area (Å²) in [6.45, 7) is 6.48. The Morgan fingerprint density at radius 3 is 2.75 bits per heavy atom. The van der Waals surface area contributed by atoms with Crippen LogP contribution in [0.2, 0.25) is 0 Å². The van der Waals surface area contributed by atoms with E-state index in [1.165, 1.54) is 10.5 Å². The van der Waals surface area contributed by atoms with Gasteiger partial charge >= 0.3 is 0 Å². The van der Waals surface area contributed by atoms with Gasteiger partial charge in [-0.3, -0.25) is 0 Å². The number of hydrogen-bond acceptors (Lipinski definition) is 4. The molecule has 0 unspecified atom stereocenters.